The summed E-state index contributed by atoms with van der Waals surface area (Å²) in [7, 11) is 1.88. The zero-order valence-corrected chi connectivity index (χ0v) is 17.6. The van der Waals surface area contributed by atoms with E-state index >= 15 is 0 Å². The van der Waals surface area contributed by atoms with Gasteiger partial charge in [0, 0.05) is 25.5 Å². The molecule has 0 bridgehead atoms. The molecule has 0 spiro atoms. The van der Waals surface area contributed by atoms with E-state index < -0.39 is 0 Å². The molecule has 0 radical (unpaired) electrons. The number of carbonyl (C=O) groups is 2. The first-order chi connectivity index (χ1) is 12.9. The molecule has 7 nitrogen and oxygen atoms in total. The first-order valence-electron chi connectivity index (χ1n) is 8.77. The summed E-state index contributed by atoms with van der Waals surface area (Å²) in [4.78, 5) is 26.6. The van der Waals surface area contributed by atoms with Crippen molar-refractivity contribution in [3.8, 4) is 0 Å². The van der Waals surface area contributed by atoms with Crippen molar-refractivity contribution in [2.45, 2.75) is 19.8 Å². The SMILES string of the molecule is CC(C)c1nn(C)c2sc(C(=O)Nc3ccccc3C(=O)NCCN)cc12.Cl. The summed E-state index contributed by atoms with van der Waals surface area (Å²) in [5.74, 6) is -0.241. The highest BCUT2D eigenvalue weighted by Gasteiger charge is 2.20. The van der Waals surface area contributed by atoms with Crippen LogP contribution in [0.3, 0.4) is 0 Å². The topological polar surface area (TPSA) is 102 Å². The number of nitrogens with two attached hydrogens (primary N) is 1. The number of fused-ring (bicyclic) bond motifs is 1. The summed E-state index contributed by atoms with van der Waals surface area (Å²) in [5.41, 5.74) is 7.28. The summed E-state index contributed by atoms with van der Waals surface area (Å²) in [5, 5.41) is 11.1. The Labute approximate surface area is 173 Å². The zero-order chi connectivity index (χ0) is 19.6. The van der Waals surface area contributed by atoms with Crippen LogP contribution in [-0.4, -0.2) is 34.7 Å². The average Bonchev–Trinajstić information content (AvgIpc) is 3.21. The standard InChI is InChI=1S/C19H23N5O2S.ClH/c1-11(2)16-13-10-15(27-19(13)24(3)23-16)18(26)22-14-7-5-4-6-12(14)17(25)21-9-8-20;/h4-7,10-11H,8-9,20H2,1-3H3,(H,21,25)(H,22,26);1H. The van der Waals surface area contributed by atoms with Crippen LogP contribution in [0.5, 0.6) is 0 Å². The number of aryl methyl sites for hydroxylation is 1. The number of aromatic nitrogens is 2. The maximum atomic E-state index is 12.8. The average molecular weight is 422 g/mol. The predicted molar refractivity (Wildman–Crippen MR) is 116 cm³/mol. The quantitative estimate of drug-likeness (QED) is 0.569. The molecule has 150 valence electrons. The van der Waals surface area contributed by atoms with E-state index in [2.05, 4.69) is 29.6 Å². The Morgan fingerprint density at radius 3 is 2.64 bits per heavy atom. The van der Waals surface area contributed by atoms with Crippen molar-refractivity contribution >= 4 is 51.5 Å². The fourth-order valence-corrected chi connectivity index (χ4v) is 3.83. The molecule has 0 fully saturated rings. The highest BCUT2D eigenvalue weighted by Crippen LogP contribution is 2.32. The van der Waals surface area contributed by atoms with Gasteiger partial charge in [0.2, 0.25) is 0 Å². The molecule has 0 aliphatic rings. The predicted octanol–water partition coefficient (Wildman–Crippen LogP) is 3.12. The molecule has 9 heteroatoms. The maximum absolute atomic E-state index is 12.8. The molecule has 0 unspecified atom stereocenters. The number of nitrogens with one attached hydrogen (secondary N) is 2. The van der Waals surface area contributed by atoms with Crippen molar-refractivity contribution in [1.29, 1.82) is 0 Å². The molecule has 2 amide bonds. The van der Waals surface area contributed by atoms with Gasteiger partial charge >= 0.3 is 0 Å². The Hall–Kier alpha value is -2.42. The molecule has 2 heterocycles. The fraction of sp³-hybridized carbons (Fsp3) is 0.316. The number of hydrogen-bond donors (Lipinski definition) is 3. The minimum atomic E-state index is -0.265. The number of hydrogen-bond acceptors (Lipinski definition) is 5. The highest BCUT2D eigenvalue weighted by atomic mass is 35.5. The van der Waals surface area contributed by atoms with Crippen molar-refractivity contribution in [3.63, 3.8) is 0 Å². The number of rotatable bonds is 6. The van der Waals surface area contributed by atoms with E-state index in [0.717, 1.165) is 15.9 Å². The highest BCUT2D eigenvalue weighted by molar-refractivity contribution is 7.20. The molecule has 0 saturated carbocycles. The molecule has 0 aliphatic carbocycles. The van der Waals surface area contributed by atoms with Gasteiger partial charge in [-0.15, -0.1) is 23.7 Å². The van der Waals surface area contributed by atoms with Crippen LogP contribution in [0.15, 0.2) is 30.3 Å². The summed E-state index contributed by atoms with van der Waals surface area (Å²) >= 11 is 1.39. The van der Waals surface area contributed by atoms with Crippen LogP contribution in [0.4, 0.5) is 5.69 Å². The van der Waals surface area contributed by atoms with E-state index in [-0.39, 0.29) is 30.1 Å². The van der Waals surface area contributed by atoms with Crippen LogP contribution >= 0.6 is 23.7 Å². The van der Waals surface area contributed by atoms with Crippen molar-refractivity contribution in [1.82, 2.24) is 15.1 Å². The minimum Gasteiger partial charge on any atom is -0.351 e. The van der Waals surface area contributed by atoms with Gasteiger partial charge in [-0.2, -0.15) is 5.10 Å². The molecular weight excluding hydrogens is 398 g/mol. The summed E-state index contributed by atoms with van der Waals surface area (Å²) in [6, 6.07) is 8.79. The molecule has 0 aliphatic heterocycles. The Morgan fingerprint density at radius 2 is 1.96 bits per heavy atom. The smallest absolute Gasteiger partial charge is 0.265 e. The normalized spacial score (nSPS) is 10.8. The van der Waals surface area contributed by atoms with E-state index in [4.69, 9.17) is 5.73 Å². The molecule has 2 aromatic heterocycles. The van der Waals surface area contributed by atoms with Gasteiger partial charge in [0.25, 0.3) is 11.8 Å². The van der Waals surface area contributed by atoms with Gasteiger partial charge in [0.05, 0.1) is 21.8 Å². The lowest BCUT2D eigenvalue weighted by molar-refractivity contribution is 0.0955. The molecule has 0 saturated heterocycles. The second kappa shape index (κ2) is 9.18. The fourth-order valence-electron chi connectivity index (χ4n) is 2.86. The number of amides is 2. The summed E-state index contributed by atoms with van der Waals surface area (Å²) < 4.78 is 1.81. The van der Waals surface area contributed by atoms with Crippen molar-refractivity contribution in [2.75, 3.05) is 18.4 Å². The third kappa shape index (κ3) is 4.35. The van der Waals surface area contributed by atoms with Crippen LogP contribution in [0, 0.1) is 0 Å². The number of benzene rings is 1. The molecule has 0 atom stereocenters. The monoisotopic (exact) mass is 421 g/mol. The molecule has 4 N–H and O–H groups in total. The van der Waals surface area contributed by atoms with Crippen LogP contribution in [0.2, 0.25) is 0 Å². The number of para-hydroxylation sites is 1. The number of nitrogens with zero attached hydrogens (tertiary/aromatic N) is 2. The molecule has 3 rings (SSSR count). The van der Waals surface area contributed by atoms with Gasteiger partial charge in [-0.25, -0.2) is 0 Å². The van der Waals surface area contributed by atoms with E-state index in [1.165, 1.54) is 11.3 Å². The second-order valence-corrected chi connectivity index (χ2v) is 7.57. The van der Waals surface area contributed by atoms with Gasteiger partial charge in [-0.3, -0.25) is 14.3 Å². The second-order valence-electron chi connectivity index (χ2n) is 6.54. The van der Waals surface area contributed by atoms with Crippen LogP contribution < -0.4 is 16.4 Å². The Morgan fingerprint density at radius 1 is 1.25 bits per heavy atom. The molecule has 1 aromatic carbocycles. The van der Waals surface area contributed by atoms with Crippen LogP contribution in [0.25, 0.3) is 10.2 Å². The first-order valence-corrected chi connectivity index (χ1v) is 9.59. The lowest BCUT2D eigenvalue weighted by atomic mass is 10.1. The number of anilines is 1. The third-order valence-electron chi connectivity index (χ3n) is 4.16. The van der Waals surface area contributed by atoms with Gasteiger partial charge in [-0.1, -0.05) is 26.0 Å². The maximum Gasteiger partial charge on any atom is 0.265 e. The lowest BCUT2D eigenvalue weighted by Crippen LogP contribution is -2.29. The third-order valence-corrected chi connectivity index (χ3v) is 5.36. The van der Waals surface area contributed by atoms with E-state index in [1.54, 1.807) is 28.9 Å². The number of thiophene rings is 1. The van der Waals surface area contributed by atoms with Crippen molar-refractivity contribution < 1.29 is 9.59 Å². The van der Waals surface area contributed by atoms with Gasteiger partial charge < -0.3 is 16.4 Å². The van der Waals surface area contributed by atoms with Crippen LogP contribution in [-0.2, 0) is 7.05 Å². The van der Waals surface area contributed by atoms with E-state index in [0.29, 0.717) is 29.2 Å². The van der Waals surface area contributed by atoms with E-state index in [1.807, 2.05) is 13.1 Å². The molecule has 28 heavy (non-hydrogen) atoms. The molecule has 3 aromatic rings. The van der Waals surface area contributed by atoms with E-state index in [9.17, 15) is 9.59 Å². The Balaban J connectivity index is 0.00000280. The van der Waals surface area contributed by atoms with Crippen molar-refractivity contribution in [3.05, 3.63) is 46.5 Å². The first kappa shape index (κ1) is 21.9. The van der Waals surface area contributed by atoms with Gasteiger partial charge in [0.1, 0.15) is 4.83 Å². The Kier molecular flexibility index (Phi) is 7.17. The largest absolute Gasteiger partial charge is 0.351 e. The van der Waals surface area contributed by atoms with Gasteiger partial charge in [0.15, 0.2) is 0 Å². The summed E-state index contributed by atoms with van der Waals surface area (Å²) in [6.45, 7) is 4.89. The zero-order valence-electron chi connectivity index (χ0n) is 16.0. The van der Waals surface area contributed by atoms with Crippen molar-refractivity contribution in [2.24, 2.45) is 12.8 Å². The minimum absolute atomic E-state index is 0. The lowest BCUT2D eigenvalue weighted by Gasteiger charge is -2.10. The number of halogens is 1. The van der Waals surface area contributed by atoms with Crippen LogP contribution in [0.1, 0.15) is 45.5 Å². The van der Waals surface area contributed by atoms with Gasteiger partial charge in [-0.05, 0) is 24.1 Å². The number of carbonyl (C=O) groups excluding carboxylic acids is 2. The Bertz CT molecular complexity index is 996. The summed E-state index contributed by atoms with van der Waals surface area (Å²) in [6.07, 6.45) is 0. The molecular formula is C19H24ClN5O2S.